The van der Waals surface area contributed by atoms with Crippen molar-refractivity contribution in [2.75, 3.05) is 10.6 Å². The van der Waals surface area contributed by atoms with E-state index < -0.39 is 4.92 Å². The molecule has 0 saturated carbocycles. The van der Waals surface area contributed by atoms with Gasteiger partial charge in [-0.25, -0.2) is 9.97 Å². The van der Waals surface area contributed by atoms with Gasteiger partial charge in [-0.15, -0.1) is 0 Å². The van der Waals surface area contributed by atoms with Crippen molar-refractivity contribution in [3.63, 3.8) is 0 Å². The van der Waals surface area contributed by atoms with Crippen molar-refractivity contribution in [1.82, 2.24) is 9.97 Å². The zero-order chi connectivity index (χ0) is 17.8. The van der Waals surface area contributed by atoms with Crippen LogP contribution in [0.4, 0.5) is 17.2 Å². The van der Waals surface area contributed by atoms with Gasteiger partial charge in [-0.3, -0.25) is 10.1 Å². The van der Waals surface area contributed by atoms with E-state index in [1.54, 1.807) is 6.07 Å². The summed E-state index contributed by atoms with van der Waals surface area (Å²) >= 11 is 0. The van der Waals surface area contributed by atoms with Gasteiger partial charge in [0.25, 0.3) is 5.69 Å². The van der Waals surface area contributed by atoms with Crippen LogP contribution in [0.5, 0.6) is 0 Å². The smallest absolute Gasteiger partial charge is 0.293 e. The summed E-state index contributed by atoms with van der Waals surface area (Å²) in [5.74, 6) is 0.577. The number of nitrogens with one attached hydrogen (secondary N) is 2. The molecule has 0 spiro atoms. The Kier molecular flexibility index (Phi) is 4.74. The zero-order valence-electron chi connectivity index (χ0n) is 14.1. The third-order valence-corrected chi connectivity index (χ3v) is 3.70. The van der Waals surface area contributed by atoms with Gasteiger partial charge in [0.1, 0.15) is 17.8 Å². The van der Waals surface area contributed by atoms with Crippen molar-refractivity contribution in [3.8, 4) is 0 Å². The Balaban J connectivity index is 1.99. The number of rotatable bonds is 6. The number of fused-ring (bicyclic) bond motifs is 1. The second-order valence-corrected chi connectivity index (χ2v) is 6.00. The Labute approximate surface area is 145 Å². The van der Waals surface area contributed by atoms with Gasteiger partial charge >= 0.3 is 0 Å². The van der Waals surface area contributed by atoms with Gasteiger partial charge in [-0.05, 0) is 25.5 Å². The van der Waals surface area contributed by atoms with E-state index in [9.17, 15) is 10.1 Å². The van der Waals surface area contributed by atoms with Crippen LogP contribution in [-0.2, 0) is 6.54 Å². The Morgan fingerprint density at radius 1 is 1.16 bits per heavy atom. The Morgan fingerprint density at radius 3 is 2.60 bits per heavy atom. The molecule has 0 aliphatic carbocycles. The molecule has 0 amide bonds. The molecule has 3 rings (SSSR count). The number of nitro benzene ring substituents is 1. The number of anilines is 2. The number of nitrogens with zero attached hydrogens (tertiary/aromatic N) is 3. The fraction of sp³-hybridized carbons (Fsp3) is 0.222. The van der Waals surface area contributed by atoms with Crippen molar-refractivity contribution < 1.29 is 4.92 Å². The maximum absolute atomic E-state index is 11.4. The first-order valence-corrected chi connectivity index (χ1v) is 8.02. The monoisotopic (exact) mass is 337 g/mol. The van der Waals surface area contributed by atoms with Gasteiger partial charge in [0.05, 0.1) is 10.4 Å². The van der Waals surface area contributed by atoms with E-state index in [4.69, 9.17) is 0 Å². The first-order chi connectivity index (χ1) is 12.0. The van der Waals surface area contributed by atoms with Gasteiger partial charge in [-0.1, -0.05) is 30.3 Å². The first kappa shape index (κ1) is 16.6. The van der Waals surface area contributed by atoms with Crippen LogP contribution in [0.1, 0.15) is 19.4 Å². The van der Waals surface area contributed by atoms with Gasteiger partial charge in [0, 0.05) is 24.0 Å². The summed E-state index contributed by atoms with van der Waals surface area (Å²) in [7, 11) is 0. The van der Waals surface area contributed by atoms with E-state index in [1.807, 2.05) is 44.2 Å². The Hall–Kier alpha value is -3.22. The van der Waals surface area contributed by atoms with Gasteiger partial charge < -0.3 is 10.6 Å². The largest absolute Gasteiger partial charge is 0.377 e. The maximum atomic E-state index is 11.4. The summed E-state index contributed by atoms with van der Waals surface area (Å²) < 4.78 is 0. The summed E-state index contributed by atoms with van der Waals surface area (Å²) in [5, 5.41) is 18.4. The van der Waals surface area contributed by atoms with Gasteiger partial charge in [0.15, 0.2) is 0 Å². The van der Waals surface area contributed by atoms with E-state index in [-0.39, 0.29) is 11.7 Å². The Bertz CT molecular complexity index is 897. The predicted octanol–water partition coefficient (Wildman–Crippen LogP) is 3.97. The SMILES string of the molecule is CC(C)Nc1cc2ncnc(NCc3ccccc3)c2cc1[N+](=O)[O-]. The molecule has 3 aromatic rings. The van der Waals surface area contributed by atoms with Crippen LogP contribution in [0, 0.1) is 10.1 Å². The quantitative estimate of drug-likeness (QED) is 0.522. The predicted molar refractivity (Wildman–Crippen MR) is 98.7 cm³/mol. The van der Waals surface area contributed by atoms with E-state index >= 15 is 0 Å². The van der Waals surface area contributed by atoms with E-state index in [0.717, 1.165) is 5.56 Å². The minimum atomic E-state index is -0.391. The molecule has 0 aliphatic heterocycles. The second kappa shape index (κ2) is 7.12. The fourth-order valence-electron chi connectivity index (χ4n) is 2.59. The minimum Gasteiger partial charge on any atom is -0.377 e. The van der Waals surface area contributed by atoms with Crippen LogP contribution in [0.3, 0.4) is 0 Å². The molecule has 0 unspecified atom stereocenters. The summed E-state index contributed by atoms with van der Waals surface area (Å²) in [6.07, 6.45) is 1.46. The lowest BCUT2D eigenvalue weighted by Gasteiger charge is -2.13. The minimum absolute atomic E-state index is 0.0127. The molecule has 0 bridgehead atoms. The number of aromatic nitrogens is 2. The molecule has 1 aromatic heterocycles. The van der Waals surface area contributed by atoms with Crippen LogP contribution in [0.25, 0.3) is 10.9 Å². The molecule has 0 aliphatic rings. The molecule has 7 nitrogen and oxygen atoms in total. The summed E-state index contributed by atoms with van der Waals surface area (Å²) in [6, 6.07) is 13.2. The van der Waals surface area contributed by atoms with Crippen molar-refractivity contribution in [2.24, 2.45) is 0 Å². The second-order valence-electron chi connectivity index (χ2n) is 6.00. The highest BCUT2D eigenvalue weighted by Crippen LogP contribution is 2.32. The molecule has 0 saturated heterocycles. The Morgan fingerprint density at radius 2 is 1.92 bits per heavy atom. The molecular weight excluding hydrogens is 318 g/mol. The number of benzene rings is 2. The van der Waals surface area contributed by atoms with Gasteiger partial charge in [-0.2, -0.15) is 0 Å². The van der Waals surface area contributed by atoms with E-state index in [2.05, 4.69) is 20.6 Å². The van der Waals surface area contributed by atoms with E-state index in [1.165, 1.54) is 12.4 Å². The maximum Gasteiger partial charge on any atom is 0.293 e. The average Bonchev–Trinajstić information content (AvgIpc) is 2.59. The number of nitro groups is 1. The molecular formula is C18H19N5O2. The first-order valence-electron chi connectivity index (χ1n) is 8.02. The molecule has 0 atom stereocenters. The normalized spacial score (nSPS) is 10.8. The molecule has 128 valence electrons. The summed E-state index contributed by atoms with van der Waals surface area (Å²) in [6.45, 7) is 4.44. The number of hydrogen-bond donors (Lipinski definition) is 2. The van der Waals surface area contributed by atoms with Gasteiger partial charge in [0.2, 0.25) is 0 Å². The third kappa shape index (κ3) is 3.82. The number of hydrogen-bond acceptors (Lipinski definition) is 6. The van der Waals surface area contributed by atoms with Crippen LogP contribution in [0.15, 0.2) is 48.8 Å². The van der Waals surface area contributed by atoms with Crippen molar-refractivity contribution in [2.45, 2.75) is 26.4 Å². The van der Waals surface area contributed by atoms with E-state index in [0.29, 0.717) is 29.0 Å². The molecule has 25 heavy (non-hydrogen) atoms. The molecule has 0 radical (unpaired) electrons. The average molecular weight is 337 g/mol. The zero-order valence-corrected chi connectivity index (χ0v) is 14.1. The lowest BCUT2D eigenvalue weighted by Crippen LogP contribution is -2.11. The van der Waals surface area contributed by atoms with Crippen molar-refractivity contribution in [1.29, 1.82) is 0 Å². The van der Waals surface area contributed by atoms with Crippen LogP contribution >= 0.6 is 0 Å². The van der Waals surface area contributed by atoms with Crippen molar-refractivity contribution in [3.05, 3.63) is 64.5 Å². The topological polar surface area (TPSA) is 93.0 Å². The fourth-order valence-corrected chi connectivity index (χ4v) is 2.59. The van der Waals surface area contributed by atoms with Crippen LogP contribution in [-0.4, -0.2) is 20.9 Å². The molecule has 0 fully saturated rings. The highest BCUT2D eigenvalue weighted by molar-refractivity contribution is 5.94. The highest BCUT2D eigenvalue weighted by atomic mass is 16.6. The standard InChI is InChI=1S/C18H19N5O2/c1-12(2)22-16-9-15-14(8-17(16)23(24)25)18(21-11-20-15)19-10-13-6-4-3-5-7-13/h3-9,11-12,22H,10H2,1-2H3,(H,19,20,21). The lowest BCUT2D eigenvalue weighted by atomic mass is 10.1. The third-order valence-electron chi connectivity index (χ3n) is 3.70. The molecule has 2 N–H and O–H groups in total. The van der Waals surface area contributed by atoms with Crippen molar-refractivity contribution >= 4 is 28.1 Å². The molecule has 1 heterocycles. The van der Waals surface area contributed by atoms with Crippen LogP contribution in [0.2, 0.25) is 0 Å². The summed E-state index contributed by atoms with van der Waals surface area (Å²) in [5.41, 5.74) is 2.22. The lowest BCUT2D eigenvalue weighted by molar-refractivity contribution is -0.383. The van der Waals surface area contributed by atoms with Crippen LogP contribution < -0.4 is 10.6 Å². The molecule has 2 aromatic carbocycles. The molecule has 7 heteroatoms. The highest BCUT2D eigenvalue weighted by Gasteiger charge is 2.18. The summed E-state index contributed by atoms with van der Waals surface area (Å²) in [4.78, 5) is 19.6.